The number of carbonyl (C=O) groups excluding carboxylic acids is 2. The van der Waals surface area contributed by atoms with Gasteiger partial charge in [0.25, 0.3) is 0 Å². The number of rotatable bonds is 2. The largest absolute Gasteiger partial charge is 0.468 e. The van der Waals surface area contributed by atoms with Gasteiger partial charge in [-0.25, -0.2) is 4.79 Å². The first-order valence-electron chi connectivity index (χ1n) is 6.97. The van der Waals surface area contributed by atoms with Crippen molar-refractivity contribution in [2.24, 2.45) is 17.6 Å². The number of carbonyl (C=O) groups is 2. The number of methoxy groups -OCH3 is 1. The van der Waals surface area contributed by atoms with Gasteiger partial charge in [0.1, 0.15) is 11.6 Å². The zero-order valence-corrected chi connectivity index (χ0v) is 13.0. The Morgan fingerprint density at radius 1 is 1.35 bits per heavy atom. The summed E-state index contributed by atoms with van der Waals surface area (Å²) in [4.78, 5) is 25.2. The number of hydrogen-bond donors (Lipinski definition) is 1. The van der Waals surface area contributed by atoms with Crippen molar-refractivity contribution >= 4 is 12.1 Å². The molecule has 2 unspecified atom stereocenters. The summed E-state index contributed by atoms with van der Waals surface area (Å²) in [5.41, 5.74) is 5.41. The number of likely N-dealkylation sites (tertiary alicyclic amines) is 1. The molecule has 6 heteroatoms. The van der Waals surface area contributed by atoms with E-state index in [0.717, 1.165) is 0 Å². The van der Waals surface area contributed by atoms with Gasteiger partial charge in [-0.05, 0) is 39.0 Å². The van der Waals surface area contributed by atoms with Crippen molar-refractivity contribution < 1.29 is 19.1 Å². The second-order valence-corrected chi connectivity index (χ2v) is 6.41. The van der Waals surface area contributed by atoms with Crippen LogP contribution >= 0.6 is 0 Å². The molecule has 0 aromatic heterocycles. The van der Waals surface area contributed by atoms with Gasteiger partial charge in [-0.1, -0.05) is 6.92 Å². The van der Waals surface area contributed by atoms with Gasteiger partial charge in [0.05, 0.1) is 7.11 Å². The van der Waals surface area contributed by atoms with Crippen LogP contribution in [0.2, 0.25) is 0 Å². The molecule has 20 heavy (non-hydrogen) atoms. The van der Waals surface area contributed by atoms with E-state index in [-0.39, 0.29) is 17.9 Å². The SMILES string of the molecule is COC(=O)[C@H](N)C1CCN(C(=O)OC(C)(C)C)CC1C. The summed E-state index contributed by atoms with van der Waals surface area (Å²) < 4.78 is 10.0. The summed E-state index contributed by atoms with van der Waals surface area (Å²) >= 11 is 0. The van der Waals surface area contributed by atoms with Crippen molar-refractivity contribution in [2.45, 2.75) is 45.8 Å². The van der Waals surface area contributed by atoms with Crippen LogP contribution in [0.4, 0.5) is 4.79 Å². The molecule has 0 aromatic rings. The molecular weight excluding hydrogens is 260 g/mol. The number of hydrogen-bond acceptors (Lipinski definition) is 5. The number of nitrogens with two attached hydrogens (primary N) is 1. The van der Waals surface area contributed by atoms with Gasteiger partial charge < -0.3 is 20.1 Å². The number of amides is 1. The number of esters is 1. The maximum Gasteiger partial charge on any atom is 0.410 e. The Morgan fingerprint density at radius 2 is 1.95 bits per heavy atom. The first-order chi connectivity index (χ1) is 9.15. The van der Waals surface area contributed by atoms with E-state index in [1.54, 1.807) is 4.90 Å². The normalized spacial score (nSPS) is 25.0. The van der Waals surface area contributed by atoms with Gasteiger partial charge in [0, 0.05) is 13.1 Å². The fraction of sp³-hybridized carbons (Fsp3) is 0.857. The smallest absolute Gasteiger partial charge is 0.410 e. The number of nitrogens with zero attached hydrogens (tertiary/aromatic N) is 1. The summed E-state index contributed by atoms with van der Waals surface area (Å²) in [6.07, 6.45) is 0.367. The summed E-state index contributed by atoms with van der Waals surface area (Å²) in [5.74, 6) is -0.237. The van der Waals surface area contributed by atoms with Crippen LogP contribution in [-0.2, 0) is 14.3 Å². The Balaban J connectivity index is 2.59. The Labute approximate surface area is 120 Å². The molecule has 116 valence electrons. The Morgan fingerprint density at radius 3 is 2.40 bits per heavy atom. The molecule has 0 spiro atoms. The average Bonchev–Trinajstić information content (AvgIpc) is 2.34. The molecule has 1 aliphatic heterocycles. The van der Waals surface area contributed by atoms with Crippen LogP contribution in [0.25, 0.3) is 0 Å². The minimum absolute atomic E-state index is 0.0288. The topological polar surface area (TPSA) is 81.9 Å². The molecule has 1 saturated heterocycles. The third kappa shape index (κ3) is 4.37. The minimum atomic E-state index is -0.629. The van der Waals surface area contributed by atoms with Crippen molar-refractivity contribution in [3.05, 3.63) is 0 Å². The van der Waals surface area contributed by atoms with Crippen LogP contribution in [0, 0.1) is 11.8 Å². The van der Waals surface area contributed by atoms with Crippen LogP contribution < -0.4 is 5.73 Å². The molecule has 1 amide bonds. The van der Waals surface area contributed by atoms with Gasteiger partial charge >= 0.3 is 12.1 Å². The predicted octanol–water partition coefficient (Wildman–Crippen LogP) is 1.38. The van der Waals surface area contributed by atoms with E-state index in [2.05, 4.69) is 4.74 Å². The monoisotopic (exact) mass is 286 g/mol. The van der Waals surface area contributed by atoms with E-state index in [9.17, 15) is 9.59 Å². The molecule has 0 aromatic carbocycles. The van der Waals surface area contributed by atoms with E-state index in [4.69, 9.17) is 10.5 Å². The standard InChI is InChI=1S/C14H26N2O4/c1-9-8-16(13(18)20-14(2,3)4)7-6-10(9)11(15)12(17)19-5/h9-11H,6-8,15H2,1-5H3/t9?,10?,11-/m1/s1. The highest BCUT2D eigenvalue weighted by Crippen LogP contribution is 2.27. The van der Waals surface area contributed by atoms with E-state index in [1.165, 1.54) is 7.11 Å². The van der Waals surface area contributed by atoms with Gasteiger partial charge in [-0.3, -0.25) is 4.79 Å². The Bertz CT molecular complexity index is 365. The quantitative estimate of drug-likeness (QED) is 0.775. The van der Waals surface area contributed by atoms with Crippen LogP contribution in [0.1, 0.15) is 34.1 Å². The summed E-state index contributed by atoms with van der Waals surface area (Å²) in [5, 5.41) is 0. The summed E-state index contributed by atoms with van der Waals surface area (Å²) in [6.45, 7) is 8.61. The third-order valence-electron chi connectivity index (χ3n) is 3.56. The van der Waals surface area contributed by atoms with Gasteiger partial charge in [0.2, 0.25) is 0 Å². The van der Waals surface area contributed by atoms with E-state index in [1.807, 2.05) is 27.7 Å². The molecule has 6 nitrogen and oxygen atoms in total. The molecule has 2 N–H and O–H groups in total. The molecule has 3 atom stereocenters. The van der Waals surface area contributed by atoms with Gasteiger partial charge in [0.15, 0.2) is 0 Å². The Hall–Kier alpha value is -1.30. The molecule has 0 bridgehead atoms. The van der Waals surface area contributed by atoms with Crippen LogP contribution in [0.15, 0.2) is 0 Å². The highest BCUT2D eigenvalue weighted by atomic mass is 16.6. The van der Waals surface area contributed by atoms with Crippen LogP contribution in [0.5, 0.6) is 0 Å². The first kappa shape index (κ1) is 16.8. The number of piperidine rings is 1. The van der Waals surface area contributed by atoms with Crippen molar-refractivity contribution in [2.75, 3.05) is 20.2 Å². The predicted molar refractivity (Wildman–Crippen MR) is 75.1 cm³/mol. The number of ether oxygens (including phenoxy) is 2. The lowest BCUT2D eigenvalue weighted by atomic mass is 9.82. The highest BCUT2D eigenvalue weighted by molar-refractivity contribution is 5.76. The van der Waals surface area contributed by atoms with Gasteiger partial charge in [-0.15, -0.1) is 0 Å². The second kappa shape index (κ2) is 6.43. The van der Waals surface area contributed by atoms with Crippen molar-refractivity contribution in [1.29, 1.82) is 0 Å². The fourth-order valence-corrected chi connectivity index (χ4v) is 2.50. The molecule has 1 aliphatic rings. The van der Waals surface area contributed by atoms with E-state index >= 15 is 0 Å². The molecule has 0 aliphatic carbocycles. The zero-order valence-electron chi connectivity index (χ0n) is 13.0. The molecule has 1 heterocycles. The lowest BCUT2D eigenvalue weighted by molar-refractivity contribution is -0.144. The van der Waals surface area contributed by atoms with Crippen LogP contribution in [0.3, 0.4) is 0 Å². The maximum absolute atomic E-state index is 12.0. The van der Waals surface area contributed by atoms with E-state index < -0.39 is 17.6 Å². The Kier molecular flexibility index (Phi) is 5.39. The zero-order chi connectivity index (χ0) is 15.5. The second-order valence-electron chi connectivity index (χ2n) is 6.41. The van der Waals surface area contributed by atoms with Crippen molar-refractivity contribution in [3.8, 4) is 0 Å². The van der Waals surface area contributed by atoms with Crippen molar-refractivity contribution in [1.82, 2.24) is 4.90 Å². The lowest BCUT2D eigenvalue weighted by Gasteiger charge is -2.39. The molecule has 1 rings (SSSR count). The van der Waals surface area contributed by atoms with Gasteiger partial charge in [-0.2, -0.15) is 0 Å². The summed E-state index contributed by atoms with van der Waals surface area (Å²) in [7, 11) is 1.34. The van der Waals surface area contributed by atoms with E-state index in [0.29, 0.717) is 19.5 Å². The highest BCUT2D eigenvalue weighted by Gasteiger charge is 2.36. The summed E-state index contributed by atoms with van der Waals surface area (Å²) in [6, 6.07) is -0.629. The van der Waals surface area contributed by atoms with Crippen LogP contribution in [-0.4, -0.2) is 48.8 Å². The minimum Gasteiger partial charge on any atom is -0.468 e. The third-order valence-corrected chi connectivity index (χ3v) is 3.56. The molecule has 1 fully saturated rings. The average molecular weight is 286 g/mol. The first-order valence-corrected chi connectivity index (χ1v) is 6.97. The lowest BCUT2D eigenvalue weighted by Crippen LogP contribution is -2.51. The molecular formula is C14H26N2O4. The molecule has 0 radical (unpaired) electrons. The molecule has 0 saturated carbocycles. The maximum atomic E-state index is 12.0. The fourth-order valence-electron chi connectivity index (χ4n) is 2.50. The van der Waals surface area contributed by atoms with Crippen molar-refractivity contribution in [3.63, 3.8) is 0 Å².